The number of rotatable bonds is 9. The first-order chi connectivity index (χ1) is 10.7. The van der Waals surface area contributed by atoms with E-state index in [9.17, 15) is 9.59 Å². The van der Waals surface area contributed by atoms with Gasteiger partial charge in [-0.15, -0.1) is 0 Å². The van der Waals surface area contributed by atoms with Crippen LogP contribution in [0.5, 0.6) is 5.75 Å². The van der Waals surface area contributed by atoms with E-state index >= 15 is 0 Å². The zero-order valence-corrected chi connectivity index (χ0v) is 12.6. The highest BCUT2D eigenvalue weighted by Gasteiger charge is 2.06. The largest absolute Gasteiger partial charge is 0.482 e. The lowest BCUT2D eigenvalue weighted by molar-refractivity contribution is -0.140. The molecule has 1 N–H and O–H groups in total. The molecule has 0 saturated carbocycles. The number of ether oxygens (including phenoxy) is 2. The van der Waals surface area contributed by atoms with Crippen LogP contribution >= 0.6 is 0 Å². The Morgan fingerprint density at radius 1 is 1.23 bits per heavy atom. The van der Waals surface area contributed by atoms with Gasteiger partial charge in [0, 0.05) is 13.0 Å². The van der Waals surface area contributed by atoms with E-state index in [1.165, 1.54) is 7.11 Å². The molecule has 118 valence electrons. The van der Waals surface area contributed by atoms with Crippen molar-refractivity contribution >= 4 is 11.9 Å². The van der Waals surface area contributed by atoms with Gasteiger partial charge in [-0.25, -0.2) is 0 Å². The highest BCUT2D eigenvalue weighted by Crippen LogP contribution is 2.16. The van der Waals surface area contributed by atoms with Crippen LogP contribution in [0.2, 0.25) is 0 Å². The van der Waals surface area contributed by atoms with Crippen molar-refractivity contribution in [3.8, 4) is 11.8 Å². The number of methoxy groups -OCH3 is 1. The van der Waals surface area contributed by atoms with Gasteiger partial charge in [-0.1, -0.05) is 18.6 Å². The number of nitrogens with one attached hydrogen (secondary N) is 1. The first-order valence-electron chi connectivity index (χ1n) is 7.13. The monoisotopic (exact) mass is 304 g/mol. The number of unbranched alkanes of at least 4 members (excludes halogenated alkanes) is 2. The molecule has 0 heterocycles. The minimum absolute atomic E-state index is 0.124. The summed E-state index contributed by atoms with van der Waals surface area (Å²) >= 11 is 0. The minimum atomic E-state index is -0.235. The van der Waals surface area contributed by atoms with Crippen molar-refractivity contribution in [1.29, 1.82) is 5.26 Å². The third kappa shape index (κ3) is 6.75. The van der Waals surface area contributed by atoms with E-state index in [0.717, 1.165) is 19.3 Å². The molecule has 1 aromatic carbocycles. The molecule has 0 fully saturated rings. The smallest absolute Gasteiger partial charge is 0.305 e. The SMILES string of the molecule is COC(=O)CCCCCNC(=O)COc1ccccc1C#N. The first-order valence-corrected chi connectivity index (χ1v) is 7.13. The van der Waals surface area contributed by atoms with Crippen LogP contribution in [-0.2, 0) is 14.3 Å². The number of nitriles is 1. The van der Waals surface area contributed by atoms with Crippen LogP contribution in [0.3, 0.4) is 0 Å². The maximum Gasteiger partial charge on any atom is 0.305 e. The fourth-order valence-electron chi connectivity index (χ4n) is 1.78. The number of hydrogen-bond donors (Lipinski definition) is 1. The molecule has 0 aliphatic rings. The topological polar surface area (TPSA) is 88.4 Å². The van der Waals surface area contributed by atoms with Crippen molar-refractivity contribution in [1.82, 2.24) is 5.32 Å². The summed E-state index contributed by atoms with van der Waals surface area (Å²) in [7, 11) is 1.37. The van der Waals surface area contributed by atoms with Crippen molar-refractivity contribution in [2.75, 3.05) is 20.3 Å². The summed E-state index contributed by atoms with van der Waals surface area (Å²) in [6.45, 7) is 0.407. The van der Waals surface area contributed by atoms with Crippen molar-refractivity contribution in [3.05, 3.63) is 29.8 Å². The van der Waals surface area contributed by atoms with Gasteiger partial charge in [-0.2, -0.15) is 5.26 Å². The molecule has 22 heavy (non-hydrogen) atoms. The molecule has 6 nitrogen and oxygen atoms in total. The van der Waals surface area contributed by atoms with Crippen molar-refractivity contribution in [3.63, 3.8) is 0 Å². The summed E-state index contributed by atoms with van der Waals surface area (Å²) in [5.41, 5.74) is 0.401. The summed E-state index contributed by atoms with van der Waals surface area (Å²) < 4.78 is 9.86. The van der Waals surface area contributed by atoms with Crippen LogP contribution in [0.1, 0.15) is 31.2 Å². The van der Waals surface area contributed by atoms with Gasteiger partial charge in [0.05, 0.1) is 12.7 Å². The van der Waals surface area contributed by atoms with Gasteiger partial charge in [-0.05, 0) is 25.0 Å². The second-order valence-corrected chi connectivity index (χ2v) is 4.63. The predicted octanol–water partition coefficient (Wildman–Crippen LogP) is 1.79. The number of nitrogens with zero attached hydrogens (tertiary/aromatic N) is 1. The summed E-state index contributed by atoms with van der Waals surface area (Å²) in [4.78, 5) is 22.5. The Labute approximate surface area is 130 Å². The molecule has 1 rings (SSSR count). The molecular weight excluding hydrogens is 284 g/mol. The van der Waals surface area contributed by atoms with Gasteiger partial charge < -0.3 is 14.8 Å². The van der Waals surface area contributed by atoms with Crippen molar-refractivity contribution in [2.24, 2.45) is 0 Å². The highest BCUT2D eigenvalue weighted by atomic mass is 16.5. The van der Waals surface area contributed by atoms with Crippen LogP contribution in [0.4, 0.5) is 0 Å². The number of para-hydroxylation sites is 1. The third-order valence-electron chi connectivity index (χ3n) is 2.97. The van der Waals surface area contributed by atoms with E-state index in [1.54, 1.807) is 24.3 Å². The van der Waals surface area contributed by atoms with Crippen LogP contribution in [0.15, 0.2) is 24.3 Å². The molecule has 0 aliphatic heterocycles. The maximum atomic E-state index is 11.6. The van der Waals surface area contributed by atoms with Crippen molar-refractivity contribution in [2.45, 2.75) is 25.7 Å². The predicted molar refractivity (Wildman–Crippen MR) is 80.1 cm³/mol. The lowest BCUT2D eigenvalue weighted by Crippen LogP contribution is -2.29. The summed E-state index contributed by atoms with van der Waals surface area (Å²) in [6.07, 6.45) is 2.78. The molecule has 1 amide bonds. The van der Waals surface area contributed by atoms with Gasteiger partial charge in [0.25, 0.3) is 5.91 Å². The molecule has 0 aromatic heterocycles. The first kappa shape index (κ1) is 17.5. The quantitative estimate of drug-likeness (QED) is 0.555. The second kappa shape index (κ2) is 10.2. The van der Waals surface area contributed by atoms with E-state index in [2.05, 4.69) is 10.1 Å². The Hall–Kier alpha value is -2.55. The van der Waals surface area contributed by atoms with Gasteiger partial charge in [-0.3, -0.25) is 9.59 Å². The van der Waals surface area contributed by atoms with E-state index in [0.29, 0.717) is 24.3 Å². The van der Waals surface area contributed by atoms with Crippen LogP contribution in [0, 0.1) is 11.3 Å². The van der Waals surface area contributed by atoms with E-state index in [1.807, 2.05) is 6.07 Å². The van der Waals surface area contributed by atoms with Gasteiger partial charge in [0.1, 0.15) is 11.8 Å². The standard InChI is InChI=1S/C16H20N2O4/c1-21-16(20)9-3-2-6-10-18-15(19)12-22-14-8-5-4-7-13(14)11-17/h4-5,7-8H,2-3,6,9-10,12H2,1H3,(H,18,19). The van der Waals surface area contributed by atoms with E-state index in [4.69, 9.17) is 10.00 Å². The molecule has 0 aliphatic carbocycles. The van der Waals surface area contributed by atoms with Gasteiger partial charge in [0.15, 0.2) is 6.61 Å². The van der Waals surface area contributed by atoms with E-state index in [-0.39, 0.29) is 18.5 Å². The Bertz CT molecular complexity index is 537. The van der Waals surface area contributed by atoms with Crippen molar-refractivity contribution < 1.29 is 19.1 Å². The number of benzene rings is 1. The Morgan fingerprint density at radius 2 is 2.00 bits per heavy atom. The summed E-state index contributed by atoms with van der Waals surface area (Å²) in [5, 5.41) is 11.6. The van der Waals surface area contributed by atoms with Crippen LogP contribution in [-0.4, -0.2) is 32.1 Å². The molecule has 0 spiro atoms. The molecule has 6 heteroatoms. The van der Waals surface area contributed by atoms with E-state index < -0.39 is 0 Å². The van der Waals surface area contributed by atoms with Gasteiger partial charge in [0.2, 0.25) is 0 Å². The third-order valence-corrected chi connectivity index (χ3v) is 2.97. The zero-order valence-electron chi connectivity index (χ0n) is 12.6. The Balaban J connectivity index is 2.14. The number of carbonyl (C=O) groups excluding carboxylic acids is 2. The summed E-state index contributed by atoms with van der Waals surface area (Å²) in [5.74, 6) is -0.0486. The minimum Gasteiger partial charge on any atom is -0.482 e. The molecule has 1 aromatic rings. The molecule has 0 radical (unpaired) electrons. The zero-order chi connectivity index (χ0) is 16.2. The average Bonchev–Trinajstić information content (AvgIpc) is 2.55. The molecule has 0 saturated heterocycles. The lowest BCUT2D eigenvalue weighted by atomic mass is 10.2. The number of hydrogen-bond acceptors (Lipinski definition) is 5. The normalized spacial score (nSPS) is 9.64. The lowest BCUT2D eigenvalue weighted by Gasteiger charge is -2.08. The molecule has 0 unspecified atom stereocenters. The summed E-state index contributed by atoms with van der Waals surface area (Å²) in [6, 6.07) is 8.77. The number of carbonyl (C=O) groups is 2. The second-order valence-electron chi connectivity index (χ2n) is 4.63. The number of esters is 1. The molecule has 0 bridgehead atoms. The molecule has 0 atom stereocenters. The average molecular weight is 304 g/mol. The van der Waals surface area contributed by atoms with Gasteiger partial charge >= 0.3 is 5.97 Å². The highest BCUT2D eigenvalue weighted by molar-refractivity contribution is 5.77. The molecular formula is C16H20N2O4. The fraction of sp³-hybridized carbons (Fsp3) is 0.438. The van der Waals surface area contributed by atoms with Crippen LogP contribution in [0.25, 0.3) is 0 Å². The Morgan fingerprint density at radius 3 is 2.73 bits per heavy atom. The number of amides is 1. The Kier molecular flexibility index (Phi) is 8.13. The fourth-order valence-corrected chi connectivity index (χ4v) is 1.78. The maximum absolute atomic E-state index is 11.6. The van der Waals surface area contributed by atoms with Crippen LogP contribution < -0.4 is 10.1 Å².